The molecule has 1 fully saturated rings. The quantitative estimate of drug-likeness (QED) is 0.587. The summed E-state index contributed by atoms with van der Waals surface area (Å²) in [6.07, 6.45) is 9.49. The zero-order valence-corrected chi connectivity index (χ0v) is 19.9. The summed E-state index contributed by atoms with van der Waals surface area (Å²) in [4.78, 5) is 29.4. The zero-order chi connectivity index (χ0) is 23.7. The summed E-state index contributed by atoms with van der Waals surface area (Å²) in [7, 11) is 0. The number of aryl methyl sites for hydroxylation is 1. The van der Waals surface area contributed by atoms with Gasteiger partial charge in [0, 0.05) is 17.8 Å². The van der Waals surface area contributed by atoms with E-state index in [-0.39, 0.29) is 24.4 Å². The second-order valence-electron chi connectivity index (χ2n) is 9.82. The summed E-state index contributed by atoms with van der Waals surface area (Å²) in [6, 6.07) is 13.2. The lowest BCUT2D eigenvalue weighted by atomic mass is 9.91. The summed E-state index contributed by atoms with van der Waals surface area (Å²) in [5.74, 6) is 0.223. The highest BCUT2D eigenvalue weighted by Crippen LogP contribution is 2.34. The SMILES string of the molecule is Cc1ccc(N2C(=O)c3cc(-c4ccco4)nn3C[C@@]2(C)C(=O)NC2CCCCCCC2)cc1. The monoisotopic (exact) mass is 460 g/mol. The highest BCUT2D eigenvalue weighted by molar-refractivity contribution is 6.12. The third-order valence-corrected chi connectivity index (χ3v) is 7.15. The Morgan fingerprint density at radius 3 is 2.47 bits per heavy atom. The molecule has 1 atom stereocenters. The van der Waals surface area contributed by atoms with Gasteiger partial charge in [-0.3, -0.25) is 19.2 Å². The van der Waals surface area contributed by atoms with E-state index in [1.807, 2.05) is 44.2 Å². The number of fused-ring (bicyclic) bond motifs is 1. The van der Waals surface area contributed by atoms with E-state index in [2.05, 4.69) is 10.4 Å². The molecule has 1 N–H and O–H groups in total. The average Bonchev–Trinajstić information content (AvgIpc) is 3.47. The molecule has 0 radical (unpaired) electrons. The van der Waals surface area contributed by atoms with E-state index >= 15 is 0 Å². The van der Waals surface area contributed by atoms with Crippen molar-refractivity contribution in [3.05, 3.63) is 60.0 Å². The number of rotatable bonds is 4. The molecule has 2 amide bonds. The van der Waals surface area contributed by atoms with Gasteiger partial charge in [0.1, 0.15) is 16.9 Å². The van der Waals surface area contributed by atoms with Gasteiger partial charge in [0.15, 0.2) is 5.76 Å². The maximum absolute atomic E-state index is 13.9. The van der Waals surface area contributed by atoms with Crippen molar-refractivity contribution >= 4 is 17.5 Å². The highest BCUT2D eigenvalue weighted by atomic mass is 16.3. The van der Waals surface area contributed by atoms with Crippen molar-refractivity contribution in [2.75, 3.05) is 4.90 Å². The van der Waals surface area contributed by atoms with Crippen LogP contribution in [0.2, 0.25) is 0 Å². The molecule has 2 aromatic heterocycles. The van der Waals surface area contributed by atoms with Gasteiger partial charge >= 0.3 is 0 Å². The number of carbonyl (C=O) groups excluding carboxylic acids is 2. The molecule has 7 heteroatoms. The number of anilines is 1. The Labute approximate surface area is 200 Å². The number of nitrogens with one attached hydrogen (secondary N) is 1. The molecule has 1 aromatic carbocycles. The smallest absolute Gasteiger partial charge is 0.277 e. The minimum Gasteiger partial charge on any atom is -0.463 e. The maximum atomic E-state index is 13.9. The first kappa shape index (κ1) is 22.4. The maximum Gasteiger partial charge on any atom is 0.277 e. The summed E-state index contributed by atoms with van der Waals surface area (Å²) in [6.45, 7) is 4.12. The zero-order valence-electron chi connectivity index (χ0n) is 19.9. The molecule has 178 valence electrons. The van der Waals surface area contributed by atoms with E-state index in [1.165, 1.54) is 19.3 Å². The predicted molar refractivity (Wildman–Crippen MR) is 131 cm³/mol. The number of furan rings is 1. The number of hydrogen-bond donors (Lipinski definition) is 1. The summed E-state index contributed by atoms with van der Waals surface area (Å²) < 4.78 is 7.15. The molecule has 3 heterocycles. The lowest BCUT2D eigenvalue weighted by molar-refractivity contribution is -0.127. The van der Waals surface area contributed by atoms with E-state index in [0.717, 1.165) is 31.2 Å². The van der Waals surface area contributed by atoms with Crippen LogP contribution in [0.5, 0.6) is 0 Å². The molecule has 7 nitrogen and oxygen atoms in total. The third kappa shape index (κ3) is 4.15. The number of aromatic nitrogens is 2. The van der Waals surface area contributed by atoms with Gasteiger partial charge in [-0.05, 0) is 51.0 Å². The minimum absolute atomic E-state index is 0.132. The molecule has 1 aliphatic carbocycles. The molecule has 0 bridgehead atoms. The van der Waals surface area contributed by atoms with Crippen molar-refractivity contribution < 1.29 is 14.0 Å². The fourth-order valence-electron chi connectivity index (χ4n) is 5.17. The van der Waals surface area contributed by atoms with Crippen LogP contribution in [0.4, 0.5) is 5.69 Å². The molecule has 34 heavy (non-hydrogen) atoms. The molecule has 0 spiro atoms. The van der Waals surface area contributed by atoms with E-state index < -0.39 is 5.54 Å². The molecule has 0 unspecified atom stereocenters. The van der Waals surface area contributed by atoms with Crippen molar-refractivity contribution in [3.8, 4) is 11.5 Å². The third-order valence-electron chi connectivity index (χ3n) is 7.15. The first-order chi connectivity index (χ1) is 16.5. The average molecular weight is 461 g/mol. The molecule has 2 aliphatic rings. The van der Waals surface area contributed by atoms with Crippen molar-refractivity contribution in [1.29, 1.82) is 0 Å². The van der Waals surface area contributed by atoms with Gasteiger partial charge in [-0.1, -0.05) is 49.8 Å². The lowest BCUT2D eigenvalue weighted by Gasteiger charge is -2.43. The first-order valence-electron chi connectivity index (χ1n) is 12.3. The van der Waals surface area contributed by atoms with Crippen LogP contribution in [0, 0.1) is 6.92 Å². The van der Waals surface area contributed by atoms with Gasteiger partial charge < -0.3 is 9.73 Å². The van der Waals surface area contributed by atoms with E-state index in [4.69, 9.17) is 4.42 Å². The Hall–Kier alpha value is -3.35. The Bertz CT molecular complexity index is 1160. The largest absolute Gasteiger partial charge is 0.463 e. The van der Waals surface area contributed by atoms with Crippen LogP contribution in [0.3, 0.4) is 0 Å². The van der Waals surface area contributed by atoms with Crippen LogP contribution in [-0.2, 0) is 11.3 Å². The van der Waals surface area contributed by atoms with Crippen LogP contribution in [0.25, 0.3) is 11.5 Å². The first-order valence-corrected chi connectivity index (χ1v) is 12.3. The summed E-state index contributed by atoms with van der Waals surface area (Å²) in [5.41, 5.74) is 1.72. The molecular weight excluding hydrogens is 428 g/mol. The van der Waals surface area contributed by atoms with Gasteiger partial charge in [0.25, 0.3) is 5.91 Å². The van der Waals surface area contributed by atoms with Gasteiger partial charge in [-0.25, -0.2) is 0 Å². The standard InChI is InChI=1S/C27H32N4O3/c1-19-12-14-21(15-13-19)31-25(32)23-17-22(24-11-8-16-34-24)29-30(23)18-27(31,2)26(33)28-20-9-6-4-3-5-7-10-20/h8,11-17,20H,3-7,9-10,18H2,1-2H3,(H,28,33)/t27-/m0/s1. The van der Waals surface area contributed by atoms with Gasteiger partial charge in [-0.15, -0.1) is 0 Å². The van der Waals surface area contributed by atoms with Gasteiger partial charge in [0.2, 0.25) is 5.91 Å². The summed E-state index contributed by atoms with van der Waals surface area (Å²) >= 11 is 0. The molecular formula is C27H32N4O3. The minimum atomic E-state index is -1.12. The van der Waals surface area contributed by atoms with Crippen molar-refractivity contribution in [1.82, 2.24) is 15.1 Å². The Kier molecular flexibility index (Phi) is 6.02. The van der Waals surface area contributed by atoms with Gasteiger partial charge in [-0.2, -0.15) is 5.10 Å². The van der Waals surface area contributed by atoms with Crippen molar-refractivity contribution in [2.45, 2.75) is 76.9 Å². The predicted octanol–water partition coefficient (Wildman–Crippen LogP) is 5.10. The topological polar surface area (TPSA) is 80.4 Å². The number of benzene rings is 1. The fraction of sp³-hybridized carbons (Fsp3) is 0.444. The van der Waals surface area contributed by atoms with Crippen LogP contribution in [0.15, 0.2) is 53.1 Å². The van der Waals surface area contributed by atoms with Crippen LogP contribution in [-0.4, -0.2) is 33.2 Å². The number of carbonyl (C=O) groups is 2. The number of amides is 2. The van der Waals surface area contributed by atoms with Crippen molar-refractivity contribution in [2.24, 2.45) is 0 Å². The lowest BCUT2D eigenvalue weighted by Crippen LogP contribution is -2.65. The van der Waals surface area contributed by atoms with Crippen LogP contribution in [0.1, 0.15) is 67.9 Å². The molecule has 1 saturated carbocycles. The van der Waals surface area contributed by atoms with E-state index in [1.54, 1.807) is 28.0 Å². The molecule has 5 rings (SSSR count). The molecule has 3 aromatic rings. The normalized spacial score (nSPS) is 21.6. The van der Waals surface area contributed by atoms with Crippen molar-refractivity contribution in [3.63, 3.8) is 0 Å². The number of hydrogen-bond acceptors (Lipinski definition) is 4. The summed E-state index contributed by atoms with van der Waals surface area (Å²) in [5, 5.41) is 7.93. The Morgan fingerprint density at radius 1 is 1.09 bits per heavy atom. The Morgan fingerprint density at radius 2 is 1.79 bits per heavy atom. The fourth-order valence-corrected chi connectivity index (χ4v) is 5.17. The second-order valence-corrected chi connectivity index (χ2v) is 9.82. The van der Waals surface area contributed by atoms with E-state index in [9.17, 15) is 9.59 Å². The van der Waals surface area contributed by atoms with Gasteiger partial charge in [0.05, 0.1) is 12.8 Å². The van der Waals surface area contributed by atoms with Crippen LogP contribution < -0.4 is 10.2 Å². The second kappa shape index (κ2) is 9.12. The highest BCUT2D eigenvalue weighted by Gasteiger charge is 2.49. The van der Waals surface area contributed by atoms with E-state index in [0.29, 0.717) is 22.8 Å². The number of nitrogens with zero attached hydrogens (tertiary/aromatic N) is 3. The molecule has 0 saturated heterocycles. The van der Waals surface area contributed by atoms with Crippen LogP contribution >= 0.6 is 0 Å². The Balaban J connectivity index is 1.52. The molecule has 1 aliphatic heterocycles.